The molecule has 0 saturated heterocycles. The number of hydrogen-bond acceptors (Lipinski definition) is 4. The number of rotatable bonds is 10. The zero-order valence-corrected chi connectivity index (χ0v) is 26.0. The maximum absolute atomic E-state index is 12.6. The molecule has 1 heterocycles. The van der Waals surface area contributed by atoms with Gasteiger partial charge in [-0.3, -0.25) is 4.72 Å². The van der Waals surface area contributed by atoms with Gasteiger partial charge >= 0.3 is 12.1 Å². The molecular weight excluding hydrogens is 662 g/mol. The molecule has 0 atom stereocenters. The van der Waals surface area contributed by atoms with E-state index in [1.807, 2.05) is 39.8 Å². The van der Waals surface area contributed by atoms with Crippen molar-refractivity contribution < 1.29 is 31.5 Å². The predicted molar refractivity (Wildman–Crippen MR) is 174 cm³/mol. The van der Waals surface area contributed by atoms with Gasteiger partial charge in [-0.15, -0.1) is 0 Å². The number of carboxylic acids is 1. The lowest BCUT2D eigenvalue weighted by molar-refractivity contribution is -0.106. The third-order valence-electron chi connectivity index (χ3n) is 6.73. The van der Waals surface area contributed by atoms with E-state index in [1.54, 1.807) is 54.6 Å². The second kappa shape index (κ2) is 13.4. The van der Waals surface area contributed by atoms with Crippen LogP contribution in [0.3, 0.4) is 0 Å². The summed E-state index contributed by atoms with van der Waals surface area (Å²) in [6.45, 7) is 0.403. The van der Waals surface area contributed by atoms with E-state index in [9.17, 15) is 31.5 Å². The maximum Gasteiger partial charge on any atom is 0.404 e. The van der Waals surface area contributed by atoms with E-state index >= 15 is 0 Å². The van der Waals surface area contributed by atoms with Gasteiger partial charge in [-0.1, -0.05) is 77.8 Å². The largest absolute Gasteiger partial charge is 0.478 e. The first kappa shape index (κ1) is 32.8. The highest BCUT2D eigenvalue weighted by atomic mass is 35.5. The minimum absolute atomic E-state index is 0.0201. The normalized spacial score (nSPS) is 12.0. The van der Waals surface area contributed by atoms with Crippen LogP contribution in [-0.2, 0) is 16.6 Å². The summed E-state index contributed by atoms with van der Waals surface area (Å²) in [5.41, 5.74) is 4.51. The van der Waals surface area contributed by atoms with Crippen LogP contribution in [0.5, 0.6) is 0 Å². The minimum Gasteiger partial charge on any atom is -0.478 e. The molecule has 0 fully saturated rings. The highest BCUT2D eigenvalue weighted by molar-refractivity contribution is 7.92. The molecule has 236 valence electrons. The summed E-state index contributed by atoms with van der Waals surface area (Å²) in [6, 6.07) is 25.1. The summed E-state index contributed by atoms with van der Waals surface area (Å²) in [4.78, 5) is 16.0. The molecule has 0 saturated carbocycles. The third kappa shape index (κ3) is 8.57. The van der Waals surface area contributed by atoms with Crippen LogP contribution in [0.25, 0.3) is 34.5 Å². The molecule has 46 heavy (non-hydrogen) atoms. The Kier molecular flexibility index (Phi) is 9.57. The topological polar surface area (TPSA) is 101 Å². The second-order valence-electron chi connectivity index (χ2n) is 10.3. The van der Waals surface area contributed by atoms with E-state index in [4.69, 9.17) is 28.2 Å². The Balaban J connectivity index is 1.39. The number of carbonyl (C=O) groups is 1. The average Bonchev–Trinajstić information content (AvgIpc) is 3.37. The van der Waals surface area contributed by atoms with Crippen LogP contribution < -0.4 is 4.72 Å². The molecule has 13 heteroatoms. The standard InChI is InChI=1S/C33H24Cl2F3N3O4S/c34-26-13-14-28(29(35)17-26)30-19-41(18-22-6-11-24(12-7-22)32(42)43)31(39-30)15-8-21-4-9-23(10-5-21)25-2-1-3-27(16-25)40-46(44,45)20-33(36,37)38/h1-17,19,40H,18,20H2,(H,42,43)/b15-8+. The first-order valence-corrected chi connectivity index (χ1v) is 16.0. The first-order valence-electron chi connectivity index (χ1n) is 13.6. The quantitative estimate of drug-likeness (QED) is 0.153. The van der Waals surface area contributed by atoms with Crippen molar-refractivity contribution in [2.45, 2.75) is 12.7 Å². The van der Waals surface area contributed by atoms with E-state index in [2.05, 4.69) is 0 Å². The van der Waals surface area contributed by atoms with Crippen LogP contribution in [0.1, 0.15) is 27.3 Å². The fourth-order valence-corrected chi connectivity index (χ4v) is 6.11. The van der Waals surface area contributed by atoms with Crippen LogP contribution in [0.2, 0.25) is 10.0 Å². The third-order valence-corrected chi connectivity index (χ3v) is 8.53. The number of nitrogens with zero attached hydrogens (tertiary/aromatic N) is 2. The molecule has 2 N–H and O–H groups in total. The van der Waals surface area contributed by atoms with Gasteiger partial charge < -0.3 is 9.67 Å². The summed E-state index contributed by atoms with van der Waals surface area (Å²) in [6.07, 6.45) is 0.663. The van der Waals surface area contributed by atoms with Crippen LogP contribution in [0, 0.1) is 0 Å². The molecule has 5 aromatic rings. The number of hydrogen-bond donors (Lipinski definition) is 2. The molecule has 0 aliphatic carbocycles. The Bertz CT molecular complexity index is 2030. The molecule has 0 aliphatic rings. The van der Waals surface area contributed by atoms with E-state index in [0.717, 1.165) is 16.7 Å². The van der Waals surface area contributed by atoms with E-state index in [0.29, 0.717) is 39.2 Å². The van der Waals surface area contributed by atoms with Gasteiger partial charge in [0.15, 0.2) is 5.75 Å². The number of alkyl halides is 3. The number of imidazole rings is 1. The molecule has 0 spiro atoms. The van der Waals surface area contributed by atoms with Gasteiger partial charge in [-0.25, -0.2) is 18.2 Å². The van der Waals surface area contributed by atoms with Crippen molar-refractivity contribution in [1.29, 1.82) is 0 Å². The Morgan fingerprint density at radius 3 is 2.28 bits per heavy atom. The molecule has 5 rings (SSSR count). The average molecular weight is 687 g/mol. The summed E-state index contributed by atoms with van der Waals surface area (Å²) < 4.78 is 65.5. The van der Waals surface area contributed by atoms with Crippen molar-refractivity contribution in [3.05, 3.63) is 130 Å². The van der Waals surface area contributed by atoms with Crippen LogP contribution in [0.4, 0.5) is 18.9 Å². The maximum atomic E-state index is 12.6. The molecule has 0 amide bonds. The van der Waals surface area contributed by atoms with Crippen molar-refractivity contribution in [3.63, 3.8) is 0 Å². The fraction of sp³-hybridized carbons (Fsp3) is 0.0909. The van der Waals surface area contributed by atoms with Crippen LogP contribution >= 0.6 is 23.2 Å². The molecular formula is C33H24Cl2F3N3O4S. The van der Waals surface area contributed by atoms with Crippen molar-refractivity contribution >= 4 is 57.0 Å². The van der Waals surface area contributed by atoms with Gasteiger partial charge in [-0.2, -0.15) is 13.2 Å². The van der Waals surface area contributed by atoms with Gasteiger partial charge in [0, 0.05) is 29.0 Å². The Morgan fingerprint density at radius 2 is 1.63 bits per heavy atom. The van der Waals surface area contributed by atoms with Crippen LogP contribution in [-0.4, -0.2) is 41.0 Å². The Hall–Kier alpha value is -4.58. The molecule has 0 aliphatic heterocycles. The number of aromatic carboxylic acids is 1. The number of halogens is 5. The molecule has 0 radical (unpaired) electrons. The lowest BCUT2D eigenvalue weighted by Crippen LogP contribution is -2.27. The lowest BCUT2D eigenvalue weighted by atomic mass is 10.0. The Morgan fingerprint density at radius 1 is 0.913 bits per heavy atom. The van der Waals surface area contributed by atoms with Crippen molar-refractivity contribution in [3.8, 4) is 22.4 Å². The number of carboxylic acid groups (broad SMARTS) is 1. The number of benzene rings is 4. The summed E-state index contributed by atoms with van der Waals surface area (Å²) in [7, 11) is -4.61. The first-order chi connectivity index (χ1) is 21.7. The fourth-order valence-electron chi connectivity index (χ4n) is 4.62. The molecule has 0 bridgehead atoms. The lowest BCUT2D eigenvalue weighted by Gasteiger charge is -2.11. The van der Waals surface area contributed by atoms with Gasteiger partial charge in [-0.05, 0) is 70.8 Å². The minimum atomic E-state index is -4.86. The highest BCUT2D eigenvalue weighted by Gasteiger charge is 2.35. The molecule has 4 aromatic carbocycles. The summed E-state index contributed by atoms with van der Waals surface area (Å²) >= 11 is 12.5. The van der Waals surface area contributed by atoms with Crippen molar-refractivity contribution in [2.75, 3.05) is 10.5 Å². The van der Waals surface area contributed by atoms with Gasteiger partial charge in [0.1, 0.15) is 5.82 Å². The zero-order valence-electron chi connectivity index (χ0n) is 23.7. The van der Waals surface area contributed by atoms with Crippen molar-refractivity contribution in [2.24, 2.45) is 0 Å². The van der Waals surface area contributed by atoms with E-state index in [1.165, 1.54) is 24.3 Å². The number of nitrogens with one attached hydrogen (secondary N) is 1. The SMILES string of the molecule is O=C(O)c1ccc(Cn2cc(-c3ccc(Cl)cc3Cl)nc2/C=C/c2ccc(-c3cccc(NS(=O)(=O)CC(F)(F)F)c3)cc2)cc1. The Labute approximate surface area is 272 Å². The van der Waals surface area contributed by atoms with E-state index < -0.39 is 27.9 Å². The summed E-state index contributed by atoms with van der Waals surface area (Å²) in [5, 5.41) is 10.2. The van der Waals surface area contributed by atoms with Crippen molar-refractivity contribution in [1.82, 2.24) is 9.55 Å². The highest BCUT2D eigenvalue weighted by Crippen LogP contribution is 2.31. The number of sulfonamides is 1. The monoisotopic (exact) mass is 685 g/mol. The molecule has 7 nitrogen and oxygen atoms in total. The molecule has 1 aromatic heterocycles. The number of aromatic nitrogens is 2. The van der Waals surface area contributed by atoms with Gasteiger partial charge in [0.25, 0.3) is 0 Å². The molecule has 0 unspecified atom stereocenters. The van der Waals surface area contributed by atoms with Gasteiger partial charge in [0.05, 0.1) is 16.3 Å². The van der Waals surface area contributed by atoms with E-state index in [-0.39, 0.29) is 11.3 Å². The second-order valence-corrected chi connectivity index (χ2v) is 12.8. The smallest absolute Gasteiger partial charge is 0.404 e. The number of anilines is 1. The van der Waals surface area contributed by atoms with Crippen LogP contribution in [0.15, 0.2) is 97.2 Å². The zero-order chi connectivity index (χ0) is 33.1. The van der Waals surface area contributed by atoms with Gasteiger partial charge in [0.2, 0.25) is 10.0 Å². The predicted octanol–water partition coefficient (Wildman–Crippen LogP) is 8.74. The summed E-state index contributed by atoms with van der Waals surface area (Å²) in [5.74, 6) is -2.39.